The first-order chi connectivity index (χ1) is 9.30. The molecule has 1 aromatic rings. The molecule has 0 spiro atoms. The maximum absolute atomic E-state index is 12.6. The summed E-state index contributed by atoms with van der Waals surface area (Å²) >= 11 is 11.9. The van der Waals surface area contributed by atoms with Crippen molar-refractivity contribution in [2.24, 2.45) is 0 Å². The number of sulfonamides is 1. The van der Waals surface area contributed by atoms with E-state index in [4.69, 9.17) is 27.9 Å². The van der Waals surface area contributed by atoms with E-state index in [1.54, 1.807) is 6.92 Å². The van der Waals surface area contributed by atoms with Gasteiger partial charge in [0.25, 0.3) is 0 Å². The Hall–Kier alpha value is -0.820. The highest BCUT2D eigenvalue weighted by Crippen LogP contribution is 2.37. The first kappa shape index (κ1) is 14.1. The first-order valence-corrected chi connectivity index (χ1v) is 8.18. The molecule has 2 fully saturated rings. The summed E-state index contributed by atoms with van der Waals surface area (Å²) in [5, 5.41) is 0.452. The third kappa shape index (κ3) is 2.02. The topological polar surface area (TPSA) is 63.7 Å². The van der Waals surface area contributed by atoms with Crippen LogP contribution in [-0.4, -0.2) is 37.4 Å². The normalized spacial score (nSPS) is 26.1. The lowest BCUT2D eigenvalue weighted by atomic mass is 10.2. The predicted octanol–water partition coefficient (Wildman–Crippen LogP) is 1.99. The third-order valence-corrected chi connectivity index (χ3v) is 6.32. The average Bonchev–Trinajstić information content (AvgIpc) is 2.92. The van der Waals surface area contributed by atoms with E-state index in [1.807, 2.05) is 0 Å². The molecule has 0 aliphatic carbocycles. The Morgan fingerprint density at radius 2 is 2.00 bits per heavy atom. The molecule has 5 nitrogen and oxygen atoms in total. The molecule has 0 radical (unpaired) electrons. The summed E-state index contributed by atoms with van der Waals surface area (Å²) in [6.07, 6.45) is 0.0527. The van der Waals surface area contributed by atoms with Crippen LogP contribution in [0.3, 0.4) is 0 Å². The van der Waals surface area contributed by atoms with E-state index in [0.717, 1.165) is 4.31 Å². The number of morpholine rings is 1. The second-order valence-corrected chi connectivity index (χ2v) is 7.59. The maximum Gasteiger partial charge on any atom is 0.324 e. The van der Waals surface area contributed by atoms with Gasteiger partial charge in [-0.25, -0.2) is 8.42 Å². The molecule has 0 N–H and O–H groups in total. The van der Waals surface area contributed by atoms with Gasteiger partial charge >= 0.3 is 5.97 Å². The molecule has 2 heterocycles. The van der Waals surface area contributed by atoms with Crippen LogP contribution in [0.4, 0.5) is 0 Å². The van der Waals surface area contributed by atoms with Gasteiger partial charge in [-0.05, 0) is 24.6 Å². The summed E-state index contributed by atoms with van der Waals surface area (Å²) in [6, 6.07) is 2.09. The number of hydrogen-bond donors (Lipinski definition) is 0. The Morgan fingerprint density at radius 1 is 1.30 bits per heavy atom. The standard InChI is InChI=1S/C12H11Cl2NO4S/c1-6-2-11(9(14)4-8(6)13)20(17,18)15-5-7-3-10(15)12(16)19-7/h2,4,7,10H,3,5H2,1H3/t7-,10-/m1/s1. The van der Waals surface area contributed by atoms with Crippen molar-refractivity contribution in [3.05, 3.63) is 27.7 Å². The summed E-state index contributed by atoms with van der Waals surface area (Å²) < 4.78 is 31.4. The van der Waals surface area contributed by atoms with Gasteiger partial charge in [-0.3, -0.25) is 4.79 Å². The van der Waals surface area contributed by atoms with Gasteiger partial charge in [0.2, 0.25) is 10.0 Å². The molecular weight excluding hydrogens is 325 g/mol. The Morgan fingerprint density at radius 3 is 2.60 bits per heavy atom. The van der Waals surface area contributed by atoms with Crippen molar-refractivity contribution in [3.8, 4) is 0 Å². The fourth-order valence-corrected chi connectivity index (χ4v) is 4.96. The molecule has 2 bridgehead atoms. The predicted molar refractivity (Wildman–Crippen MR) is 73.4 cm³/mol. The molecule has 0 amide bonds. The SMILES string of the molecule is Cc1cc(S(=O)(=O)N2C[C@H]3C[C@@H]2C(=O)O3)c(Cl)cc1Cl. The lowest BCUT2D eigenvalue weighted by molar-refractivity contribution is -0.148. The van der Waals surface area contributed by atoms with E-state index >= 15 is 0 Å². The van der Waals surface area contributed by atoms with E-state index in [1.165, 1.54) is 12.1 Å². The molecule has 0 saturated carbocycles. The van der Waals surface area contributed by atoms with Crippen molar-refractivity contribution >= 4 is 39.2 Å². The van der Waals surface area contributed by atoms with Crippen molar-refractivity contribution < 1.29 is 17.9 Å². The molecular formula is C12H11Cl2NO4S. The van der Waals surface area contributed by atoms with Crippen LogP contribution in [0.15, 0.2) is 17.0 Å². The average molecular weight is 336 g/mol. The second-order valence-electron chi connectivity index (χ2n) is 4.92. The summed E-state index contributed by atoms with van der Waals surface area (Å²) in [5.74, 6) is -0.494. The molecule has 8 heteroatoms. The Kier molecular flexibility index (Phi) is 3.25. The quantitative estimate of drug-likeness (QED) is 0.775. The number of carbonyl (C=O) groups excluding carboxylic acids is 1. The maximum atomic E-state index is 12.6. The van der Waals surface area contributed by atoms with E-state index in [2.05, 4.69) is 0 Å². The number of nitrogens with zero attached hydrogens (tertiary/aromatic N) is 1. The molecule has 2 atom stereocenters. The minimum atomic E-state index is -3.83. The van der Waals surface area contributed by atoms with E-state index in [0.29, 0.717) is 17.0 Å². The summed E-state index contributed by atoms with van der Waals surface area (Å²) in [6.45, 7) is 1.87. The number of esters is 1. The van der Waals surface area contributed by atoms with Gasteiger partial charge in [-0.2, -0.15) is 4.31 Å². The summed E-state index contributed by atoms with van der Waals surface area (Å²) in [4.78, 5) is 11.5. The highest BCUT2D eigenvalue weighted by molar-refractivity contribution is 7.89. The number of rotatable bonds is 2. The molecule has 2 aliphatic rings. The highest BCUT2D eigenvalue weighted by Gasteiger charge is 2.51. The molecule has 1 aromatic carbocycles. The van der Waals surface area contributed by atoms with Crippen LogP contribution in [0, 0.1) is 6.92 Å². The Balaban J connectivity index is 2.05. The number of halogens is 2. The summed E-state index contributed by atoms with van der Waals surface area (Å²) in [7, 11) is -3.83. The molecule has 2 saturated heterocycles. The lowest BCUT2D eigenvalue weighted by Crippen LogP contribution is -2.44. The zero-order chi connectivity index (χ0) is 14.7. The van der Waals surface area contributed by atoms with Crippen LogP contribution in [0.2, 0.25) is 10.0 Å². The van der Waals surface area contributed by atoms with Gasteiger partial charge in [0.1, 0.15) is 17.0 Å². The Bertz CT molecular complexity index is 704. The van der Waals surface area contributed by atoms with Gasteiger partial charge in [-0.1, -0.05) is 23.2 Å². The number of aryl methyl sites for hydroxylation is 1. The monoisotopic (exact) mass is 335 g/mol. The minimum Gasteiger partial charge on any atom is -0.460 e. The number of carbonyl (C=O) groups is 1. The number of hydrogen-bond acceptors (Lipinski definition) is 4. The fraction of sp³-hybridized carbons (Fsp3) is 0.417. The third-order valence-electron chi connectivity index (χ3n) is 3.57. The van der Waals surface area contributed by atoms with Crippen molar-refractivity contribution in [1.82, 2.24) is 4.31 Å². The van der Waals surface area contributed by atoms with E-state index in [-0.39, 0.29) is 22.6 Å². The zero-order valence-electron chi connectivity index (χ0n) is 10.5. The zero-order valence-corrected chi connectivity index (χ0v) is 12.8. The number of ether oxygens (including phenoxy) is 1. The smallest absolute Gasteiger partial charge is 0.324 e. The van der Waals surface area contributed by atoms with Crippen LogP contribution >= 0.6 is 23.2 Å². The van der Waals surface area contributed by atoms with Crippen molar-refractivity contribution in [3.63, 3.8) is 0 Å². The first-order valence-electron chi connectivity index (χ1n) is 5.98. The molecule has 20 heavy (non-hydrogen) atoms. The minimum absolute atomic E-state index is 0.0265. The lowest BCUT2D eigenvalue weighted by Gasteiger charge is -2.25. The van der Waals surface area contributed by atoms with Crippen LogP contribution in [0.1, 0.15) is 12.0 Å². The van der Waals surface area contributed by atoms with Gasteiger partial charge in [0, 0.05) is 11.4 Å². The molecule has 0 aromatic heterocycles. The van der Waals surface area contributed by atoms with Crippen molar-refractivity contribution in [1.29, 1.82) is 0 Å². The van der Waals surface area contributed by atoms with Gasteiger partial charge < -0.3 is 4.74 Å². The summed E-state index contributed by atoms with van der Waals surface area (Å²) in [5.41, 5.74) is 0.613. The molecule has 0 unspecified atom stereocenters. The van der Waals surface area contributed by atoms with Crippen LogP contribution in [0.5, 0.6) is 0 Å². The van der Waals surface area contributed by atoms with Gasteiger partial charge in [-0.15, -0.1) is 0 Å². The van der Waals surface area contributed by atoms with Crippen LogP contribution in [0.25, 0.3) is 0 Å². The second kappa shape index (κ2) is 4.59. The fourth-order valence-electron chi connectivity index (χ4n) is 2.53. The van der Waals surface area contributed by atoms with E-state index in [9.17, 15) is 13.2 Å². The van der Waals surface area contributed by atoms with Gasteiger partial charge in [0.05, 0.1) is 11.6 Å². The molecule has 108 valence electrons. The van der Waals surface area contributed by atoms with E-state index < -0.39 is 22.0 Å². The molecule has 2 aliphatic heterocycles. The van der Waals surface area contributed by atoms with Crippen molar-refractivity contribution in [2.45, 2.75) is 30.4 Å². The molecule has 3 rings (SSSR count). The number of fused-ring (bicyclic) bond motifs is 2. The number of benzene rings is 1. The van der Waals surface area contributed by atoms with Crippen LogP contribution < -0.4 is 0 Å². The van der Waals surface area contributed by atoms with Crippen molar-refractivity contribution in [2.75, 3.05) is 6.54 Å². The van der Waals surface area contributed by atoms with Crippen LogP contribution in [-0.2, 0) is 19.6 Å². The Labute approximate surface area is 126 Å². The largest absolute Gasteiger partial charge is 0.460 e. The van der Waals surface area contributed by atoms with Gasteiger partial charge in [0.15, 0.2) is 0 Å². The highest BCUT2D eigenvalue weighted by atomic mass is 35.5.